The number of hydrogen-bond acceptors (Lipinski definition) is 20. The van der Waals surface area contributed by atoms with Crippen LogP contribution in [0.3, 0.4) is 0 Å². The Morgan fingerprint density at radius 2 is 0.789 bits per heavy atom. The highest BCUT2D eigenvalue weighted by molar-refractivity contribution is 6.10. The zero-order valence-corrected chi connectivity index (χ0v) is 82.4. The van der Waals surface area contributed by atoms with Gasteiger partial charge >= 0.3 is 0 Å². The van der Waals surface area contributed by atoms with Gasteiger partial charge in [0.1, 0.15) is 53.0 Å². The van der Waals surface area contributed by atoms with E-state index in [1.54, 1.807) is 65.5 Å². The molecular weight excluding hydrogens is 1860 g/mol. The third-order valence-electron chi connectivity index (χ3n) is 28.2. The molecule has 748 valence electrons. The number of nitrogens with zero attached hydrogens (tertiary/aromatic N) is 17. The number of primary amides is 1. The molecule has 0 bridgehead atoms. The number of nitrogens with one attached hydrogen (secondary N) is 7. The van der Waals surface area contributed by atoms with Gasteiger partial charge in [-0.05, 0) is 254 Å². The molecule has 15 aromatic rings. The van der Waals surface area contributed by atoms with E-state index in [0.717, 1.165) is 113 Å². The number of aryl methyl sites for hydroxylation is 2. The number of H-pyrrole nitrogens is 3. The average Bonchev–Trinajstić information content (AvgIpc) is 1.67. The van der Waals surface area contributed by atoms with Crippen molar-refractivity contribution in [1.29, 1.82) is 0 Å². The van der Waals surface area contributed by atoms with Crippen molar-refractivity contribution in [2.75, 3.05) is 104 Å². The molecule has 0 spiro atoms. The summed E-state index contributed by atoms with van der Waals surface area (Å²) in [5.41, 5.74) is 27.1. The number of carbonyl (C=O) groups excluding carboxylic acids is 10. The summed E-state index contributed by atoms with van der Waals surface area (Å²) in [6.07, 6.45) is 10.8. The van der Waals surface area contributed by atoms with Gasteiger partial charge in [-0.15, -0.1) is 10.2 Å². The lowest BCUT2D eigenvalue weighted by Crippen LogP contribution is -2.57. The van der Waals surface area contributed by atoms with Gasteiger partial charge in [0.15, 0.2) is 0 Å². The highest BCUT2D eigenvalue weighted by atomic mass is 16.2. The van der Waals surface area contributed by atoms with Crippen molar-refractivity contribution < 1.29 is 47.9 Å². The molecule has 4 fully saturated rings. The first-order valence-corrected chi connectivity index (χ1v) is 50.4. The SMILES string of the molecule is CN(C)CCNC(=O)c1ccc(-c2nc3ccc(-c4ccc5c(c4)CC(c4ccc(C(=O)Nc6cccc(-c7cn(CCCN(CC(N)=O)C(=O)[C@@H]8CCCN8C(=O)C8CCCN8C(=O)[C@@H]8CCCN8C(=O)[C@@H]8CCCN8C(=O)CCCCCn8cc(-c9cccc(NC(=O)c%10ccc(-c%11nc%12ccc(-c%13ccc%14nc(-c%15ccc(C(=O)NCCN(C)C)cc%15)[nH]c%14c%13)cc%12[nH]%11)cc%10)c9)nn8)nn7)c6)cc4)=N5)cc3[nH]2)cc1. The highest BCUT2D eigenvalue weighted by Crippen LogP contribution is 2.39. The minimum atomic E-state index is -0.892. The zero-order valence-electron chi connectivity index (χ0n) is 82.4. The molecule has 10 heterocycles. The molecule has 9 N–H and O–H groups in total. The van der Waals surface area contributed by atoms with Crippen LogP contribution < -0.4 is 27.0 Å². The molecule has 5 aliphatic rings. The van der Waals surface area contributed by atoms with Gasteiger partial charge in [-0.3, -0.25) is 62.3 Å². The maximum absolute atomic E-state index is 14.9. The Labute approximate surface area is 848 Å². The fourth-order valence-electron chi connectivity index (χ4n) is 20.4. The average molecular weight is 1970 g/mol. The molecule has 35 heteroatoms. The number of anilines is 2. The molecule has 0 saturated carbocycles. The largest absolute Gasteiger partial charge is 0.368 e. The number of carbonyl (C=O) groups is 10. The molecule has 4 saturated heterocycles. The first-order chi connectivity index (χ1) is 71.4. The number of amides is 10. The van der Waals surface area contributed by atoms with Gasteiger partial charge in [-0.25, -0.2) is 15.0 Å². The fraction of sp³-hybridized carbons (Fsp3) is 0.304. The minimum Gasteiger partial charge on any atom is -0.368 e. The number of likely N-dealkylation sites (N-methyl/N-ethyl adjacent to an activating group) is 2. The number of imidazole rings is 3. The van der Waals surface area contributed by atoms with Crippen LogP contribution in [0.15, 0.2) is 236 Å². The van der Waals surface area contributed by atoms with E-state index in [4.69, 9.17) is 25.7 Å². The summed E-state index contributed by atoms with van der Waals surface area (Å²) < 4.78 is 3.40. The number of aromatic nitrogens is 12. The molecule has 0 radical (unpaired) electrons. The van der Waals surface area contributed by atoms with Crippen LogP contribution in [0.2, 0.25) is 0 Å². The van der Waals surface area contributed by atoms with Gasteiger partial charge in [-0.1, -0.05) is 114 Å². The lowest BCUT2D eigenvalue weighted by Gasteiger charge is -2.36. The van der Waals surface area contributed by atoms with E-state index in [1.807, 2.05) is 196 Å². The van der Waals surface area contributed by atoms with Gasteiger partial charge in [0, 0.05) is 146 Å². The van der Waals surface area contributed by atoms with Crippen molar-refractivity contribution in [3.8, 4) is 78.9 Å². The van der Waals surface area contributed by atoms with Gasteiger partial charge in [0.05, 0.1) is 63.4 Å². The summed E-state index contributed by atoms with van der Waals surface area (Å²) in [4.78, 5) is 180. The molecule has 35 nitrogen and oxygen atoms in total. The highest BCUT2D eigenvalue weighted by Gasteiger charge is 2.48. The molecular formula is C112H115N25O10. The smallest absolute Gasteiger partial charge is 0.255 e. The van der Waals surface area contributed by atoms with E-state index in [-0.39, 0.29) is 73.3 Å². The summed E-state index contributed by atoms with van der Waals surface area (Å²) in [7, 11) is 7.87. The van der Waals surface area contributed by atoms with Crippen LogP contribution in [0.5, 0.6) is 0 Å². The van der Waals surface area contributed by atoms with Crippen molar-refractivity contribution in [3.05, 3.63) is 264 Å². The summed E-state index contributed by atoms with van der Waals surface area (Å²) in [6, 6.07) is 65.6. The van der Waals surface area contributed by atoms with Crippen LogP contribution in [0.1, 0.15) is 136 Å². The summed E-state index contributed by atoms with van der Waals surface area (Å²) in [5, 5.41) is 29.6. The molecule has 20 rings (SSSR count). The number of unbranched alkanes of at least 4 members (excludes halogenated alkanes) is 2. The van der Waals surface area contributed by atoms with Crippen LogP contribution in [-0.4, -0.2) is 277 Å². The number of benzene rings is 10. The molecule has 4 atom stereocenters. The van der Waals surface area contributed by atoms with Gasteiger partial charge in [0.25, 0.3) is 23.6 Å². The summed E-state index contributed by atoms with van der Waals surface area (Å²) in [5.74, 6) is -0.909. The predicted molar refractivity (Wildman–Crippen MR) is 562 cm³/mol. The third-order valence-corrected chi connectivity index (χ3v) is 28.2. The maximum Gasteiger partial charge on any atom is 0.255 e. The van der Waals surface area contributed by atoms with E-state index in [9.17, 15) is 47.9 Å². The Kier molecular flexibility index (Phi) is 28.8. The Morgan fingerprint density at radius 1 is 0.395 bits per heavy atom. The van der Waals surface area contributed by atoms with Crippen molar-refractivity contribution >= 4 is 115 Å². The standard InChI is InChI=1S/C112H115N25O10/c1-129(2)57-48-114-105(140)73-34-26-70(27-35-73)102-119-87-45-41-78(62-91(87)122-102)77-40-44-86-83(59-77)65-90(118-86)69-24-32-75(33-25-69)107(142)116-84-17-9-16-82(61-84)95-67-133(128-126-95)52-14-50-131(68-100(113)138)109(144)96-19-11-54-135(96)111(146)98-21-13-56-137(98)112(147)99-22-12-55-136(99)110(145)97-20-10-53-134(97)101(139)23-6-5-7-51-132-66-94(125-127-132)81-15-8-18-85(60-81)117-108(143)76-38-30-72(31-39-76)104-121-89-47-43-80(64-93(89)124-104)79-42-46-88-92(63-79)123-103(120-88)71-28-36-74(37-29-71)106(141)115-49-58-130(3)4/h8-9,15-18,24-47,59-64,66-67,96-99H,5-7,10-14,19-23,48-58,65,68H2,1-4H3,(H2,113,138)(H,114,140)(H,115,141)(H,116,142)(H,117,143)(H,119,122)(H,120,123)(H,121,124)/t96-,97-,98?,99-/m0/s1. The molecule has 10 aromatic carbocycles. The first-order valence-electron chi connectivity index (χ1n) is 50.4. The Balaban J connectivity index is 0.384. The number of aromatic amines is 3. The number of aliphatic imine (C=N–C) groups is 1. The quantitative estimate of drug-likeness (QED) is 0.0169. The van der Waals surface area contributed by atoms with Crippen molar-refractivity contribution in [3.63, 3.8) is 0 Å². The summed E-state index contributed by atoms with van der Waals surface area (Å²) in [6.45, 7) is 4.61. The molecule has 147 heavy (non-hydrogen) atoms. The number of likely N-dealkylation sites (tertiary alicyclic amines) is 4. The Bertz CT molecular complexity index is 7550. The first kappa shape index (κ1) is 97.6. The van der Waals surface area contributed by atoms with Crippen molar-refractivity contribution in [2.24, 2.45) is 10.7 Å². The van der Waals surface area contributed by atoms with Gasteiger partial charge in [-0.2, -0.15) is 0 Å². The van der Waals surface area contributed by atoms with E-state index in [2.05, 4.69) is 93.2 Å². The van der Waals surface area contributed by atoms with Crippen molar-refractivity contribution in [2.45, 2.75) is 127 Å². The number of rotatable bonds is 36. The number of hydrogen-bond donors (Lipinski definition) is 8. The van der Waals surface area contributed by atoms with Gasteiger partial charge in [0.2, 0.25) is 35.4 Å². The molecule has 0 aliphatic carbocycles. The van der Waals surface area contributed by atoms with Crippen LogP contribution in [-0.2, 0) is 48.3 Å². The second-order valence-electron chi connectivity index (χ2n) is 39.0. The van der Waals surface area contributed by atoms with Crippen LogP contribution in [0.25, 0.3) is 112 Å². The molecule has 5 aromatic heterocycles. The predicted octanol–water partition coefficient (Wildman–Crippen LogP) is 13.9. The van der Waals surface area contributed by atoms with Crippen molar-refractivity contribution in [1.82, 2.24) is 105 Å². The second-order valence-corrected chi connectivity index (χ2v) is 39.0. The number of fused-ring (bicyclic) bond motifs is 4. The van der Waals surface area contributed by atoms with Crippen LogP contribution >= 0.6 is 0 Å². The van der Waals surface area contributed by atoms with E-state index in [0.29, 0.717) is 197 Å². The number of nitrogens with two attached hydrogens (primary N) is 1. The van der Waals surface area contributed by atoms with Crippen LogP contribution in [0.4, 0.5) is 17.1 Å². The van der Waals surface area contributed by atoms with E-state index in [1.165, 1.54) is 4.90 Å². The van der Waals surface area contributed by atoms with E-state index < -0.39 is 36.0 Å². The monoisotopic (exact) mass is 1970 g/mol. The molecule has 1 unspecified atom stereocenters. The van der Waals surface area contributed by atoms with Crippen LogP contribution in [0, 0.1) is 0 Å². The van der Waals surface area contributed by atoms with E-state index >= 15 is 0 Å². The third kappa shape index (κ3) is 22.1. The molecule has 5 aliphatic heterocycles. The minimum absolute atomic E-state index is 0.114. The normalized spacial score (nSPS) is 16.0. The zero-order chi connectivity index (χ0) is 101. The summed E-state index contributed by atoms with van der Waals surface area (Å²) >= 11 is 0. The maximum atomic E-state index is 14.9. The lowest BCUT2D eigenvalue weighted by molar-refractivity contribution is -0.153. The van der Waals surface area contributed by atoms with Gasteiger partial charge < -0.3 is 76.3 Å². The Hall–Kier alpha value is -16.8. The molecule has 10 amide bonds. The topological polar surface area (TPSA) is 427 Å². The fourth-order valence-corrected chi connectivity index (χ4v) is 20.4. The second kappa shape index (κ2) is 43.4. The lowest BCUT2D eigenvalue weighted by atomic mass is 9.98. The Morgan fingerprint density at radius 3 is 1.24 bits per heavy atom.